The van der Waals surface area contributed by atoms with Crippen molar-refractivity contribution in [2.75, 3.05) is 4.90 Å². The van der Waals surface area contributed by atoms with Gasteiger partial charge in [-0.05, 0) is 142 Å². The zero-order chi connectivity index (χ0) is 45.9. The number of rotatable bonds is 8. The van der Waals surface area contributed by atoms with Gasteiger partial charge in [0.25, 0.3) is 0 Å². The van der Waals surface area contributed by atoms with Gasteiger partial charge in [0.05, 0.1) is 11.1 Å². The summed E-state index contributed by atoms with van der Waals surface area (Å²) in [5.74, 6) is 0.398. The first kappa shape index (κ1) is 40.7. The average molecular weight is 880 g/mol. The minimum Gasteiger partial charge on any atom is -0.310 e. The number of allylic oxidation sites excluding steroid dienone is 4. The lowest BCUT2D eigenvalue weighted by Gasteiger charge is -2.34. The zero-order valence-corrected chi connectivity index (χ0v) is 38.6. The molecule has 0 saturated carbocycles. The van der Waals surface area contributed by atoms with Crippen LogP contribution in [0, 0.1) is 5.92 Å². The molecular formula is C68H49N. The van der Waals surface area contributed by atoms with Crippen LogP contribution in [0.25, 0.3) is 65.7 Å². The van der Waals surface area contributed by atoms with Crippen LogP contribution in [0.4, 0.5) is 17.1 Å². The van der Waals surface area contributed by atoms with Crippen LogP contribution in [0.3, 0.4) is 0 Å². The molecule has 1 heteroatoms. The van der Waals surface area contributed by atoms with E-state index >= 15 is 0 Å². The van der Waals surface area contributed by atoms with Gasteiger partial charge in [-0.1, -0.05) is 231 Å². The van der Waals surface area contributed by atoms with E-state index in [0.29, 0.717) is 5.92 Å². The zero-order valence-electron chi connectivity index (χ0n) is 38.6. The Morgan fingerprint density at radius 3 is 1.77 bits per heavy atom. The maximum absolute atomic E-state index is 2.47. The normalized spacial score (nSPS) is 14.8. The van der Waals surface area contributed by atoms with Gasteiger partial charge < -0.3 is 4.90 Å². The minimum atomic E-state index is -0.459. The van der Waals surface area contributed by atoms with E-state index in [-0.39, 0.29) is 0 Å². The summed E-state index contributed by atoms with van der Waals surface area (Å²) in [6.45, 7) is 2.35. The third-order valence-electron chi connectivity index (χ3n) is 14.8. The van der Waals surface area contributed by atoms with Crippen LogP contribution in [0.1, 0.15) is 46.7 Å². The molecule has 0 radical (unpaired) electrons. The quantitative estimate of drug-likeness (QED) is 0.137. The number of benzene rings is 11. The molecule has 0 aliphatic heterocycles. The Kier molecular flexibility index (Phi) is 9.84. The Labute approximate surface area is 404 Å². The molecular weight excluding hydrogens is 831 g/mol. The first-order chi connectivity index (χ1) is 34.1. The molecule has 1 nitrogen and oxygen atoms in total. The molecule has 69 heavy (non-hydrogen) atoms. The molecule has 0 bridgehead atoms. The Morgan fingerprint density at radius 2 is 0.986 bits per heavy atom. The highest BCUT2D eigenvalue weighted by molar-refractivity contribution is 6.14. The monoisotopic (exact) mass is 879 g/mol. The second kappa shape index (κ2) is 16.7. The standard InChI is InChI=1S/C68H49N/c1-46-40-52(42-53(41-46)60-32-17-20-48-18-8-10-27-58(48)60)49-21-16-26-57(43-49)69(67-45-51-19-9-11-28-59(51)61-29-12-13-31-64(61)67)56-37-34-47(35-38-56)50-36-39-63-62-30-14-15-33-65(62)68(66(63)44-50,54-22-4-2-5-23-54)55-24-6-3-7-25-55/h2-40,42-46H,41H2,1H3. The summed E-state index contributed by atoms with van der Waals surface area (Å²) in [6, 6.07) is 92.2. The van der Waals surface area contributed by atoms with Gasteiger partial charge in [0.2, 0.25) is 0 Å². The highest BCUT2D eigenvalue weighted by atomic mass is 15.1. The van der Waals surface area contributed by atoms with E-state index in [9.17, 15) is 0 Å². The summed E-state index contributed by atoms with van der Waals surface area (Å²) in [6.07, 6.45) is 5.90. The molecule has 11 aromatic carbocycles. The second-order valence-corrected chi connectivity index (χ2v) is 18.9. The van der Waals surface area contributed by atoms with E-state index in [1.165, 1.54) is 99.1 Å². The molecule has 0 spiro atoms. The van der Waals surface area contributed by atoms with Crippen molar-refractivity contribution in [2.24, 2.45) is 5.92 Å². The number of nitrogens with zero attached hydrogens (tertiary/aromatic N) is 1. The van der Waals surface area contributed by atoms with E-state index in [1.54, 1.807) is 0 Å². The third kappa shape index (κ3) is 6.76. The Hall–Kier alpha value is -8.52. The van der Waals surface area contributed by atoms with E-state index in [2.05, 4.69) is 273 Å². The van der Waals surface area contributed by atoms with E-state index < -0.39 is 5.41 Å². The van der Waals surface area contributed by atoms with Gasteiger partial charge in [-0.2, -0.15) is 0 Å². The molecule has 0 fully saturated rings. The Morgan fingerprint density at radius 1 is 0.391 bits per heavy atom. The summed E-state index contributed by atoms with van der Waals surface area (Å²) in [5.41, 5.74) is 18.2. The maximum atomic E-state index is 2.47. The Bertz CT molecular complexity index is 3780. The van der Waals surface area contributed by atoms with Gasteiger partial charge in [0, 0.05) is 16.8 Å². The molecule has 0 heterocycles. The summed E-state index contributed by atoms with van der Waals surface area (Å²) in [7, 11) is 0. The first-order valence-electron chi connectivity index (χ1n) is 24.3. The van der Waals surface area contributed by atoms with Gasteiger partial charge in [-0.25, -0.2) is 0 Å². The largest absolute Gasteiger partial charge is 0.310 e. The van der Waals surface area contributed by atoms with Crippen molar-refractivity contribution in [2.45, 2.75) is 18.8 Å². The topological polar surface area (TPSA) is 3.24 Å². The van der Waals surface area contributed by atoms with Crippen molar-refractivity contribution >= 4 is 60.5 Å². The highest BCUT2D eigenvalue weighted by Crippen LogP contribution is 2.57. The van der Waals surface area contributed by atoms with Gasteiger partial charge in [0.15, 0.2) is 0 Å². The van der Waals surface area contributed by atoms with Crippen LogP contribution in [0.5, 0.6) is 0 Å². The van der Waals surface area contributed by atoms with Gasteiger partial charge in [-0.3, -0.25) is 0 Å². The molecule has 326 valence electrons. The lowest BCUT2D eigenvalue weighted by Crippen LogP contribution is -2.28. The molecule has 13 rings (SSSR count). The van der Waals surface area contributed by atoms with Crippen LogP contribution in [-0.2, 0) is 5.41 Å². The molecule has 0 saturated heterocycles. The van der Waals surface area contributed by atoms with Gasteiger partial charge >= 0.3 is 0 Å². The van der Waals surface area contributed by atoms with Gasteiger partial charge in [0.1, 0.15) is 0 Å². The predicted octanol–water partition coefficient (Wildman–Crippen LogP) is 18.2. The van der Waals surface area contributed by atoms with Crippen molar-refractivity contribution in [3.05, 3.63) is 294 Å². The number of fused-ring (bicyclic) bond motifs is 7. The first-order valence-corrected chi connectivity index (χ1v) is 24.3. The summed E-state index contributed by atoms with van der Waals surface area (Å²) in [5, 5.41) is 7.52. The smallest absolute Gasteiger partial charge is 0.0713 e. The van der Waals surface area contributed by atoms with Crippen molar-refractivity contribution in [3.63, 3.8) is 0 Å². The number of hydrogen-bond acceptors (Lipinski definition) is 1. The molecule has 0 aromatic heterocycles. The highest BCUT2D eigenvalue weighted by Gasteiger charge is 2.46. The predicted molar refractivity (Wildman–Crippen MR) is 293 cm³/mol. The molecule has 1 atom stereocenters. The fourth-order valence-electron chi connectivity index (χ4n) is 11.8. The van der Waals surface area contributed by atoms with Crippen LogP contribution in [-0.4, -0.2) is 0 Å². The summed E-state index contributed by atoms with van der Waals surface area (Å²) in [4.78, 5) is 2.47. The number of anilines is 3. The van der Waals surface area contributed by atoms with Crippen LogP contribution < -0.4 is 4.90 Å². The third-order valence-corrected chi connectivity index (χ3v) is 14.8. The second-order valence-electron chi connectivity index (χ2n) is 18.9. The fraction of sp³-hybridized carbons (Fsp3) is 0.0588. The Balaban J connectivity index is 0.955. The van der Waals surface area contributed by atoms with E-state index in [0.717, 1.165) is 23.5 Å². The fourth-order valence-corrected chi connectivity index (χ4v) is 11.8. The maximum Gasteiger partial charge on any atom is 0.0713 e. The van der Waals surface area contributed by atoms with E-state index in [4.69, 9.17) is 0 Å². The average Bonchev–Trinajstić information content (AvgIpc) is 3.72. The minimum absolute atomic E-state index is 0.398. The number of hydrogen-bond donors (Lipinski definition) is 0. The van der Waals surface area contributed by atoms with Crippen LogP contribution in [0.15, 0.2) is 261 Å². The molecule has 0 N–H and O–H groups in total. The SMILES string of the molecule is CC1C=C(c2cccc(N(c3ccc(-c4ccc5c(c4)C(c4ccccc4)(c4ccccc4)c4ccccc4-5)cc3)c3cc4ccccc4c4ccccc34)c2)C=C(c2cccc3ccccc23)C1. The van der Waals surface area contributed by atoms with Crippen LogP contribution >= 0.6 is 0 Å². The van der Waals surface area contributed by atoms with Gasteiger partial charge in [-0.15, -0.1) is 0 Å². The molecule has 0 amide bonds. The molecule has 2 aliphatic carbocycles. The summed E-state index contributed by atoms with van der Waals surface area (Å²) >= 11 is 0. The van der Waals surface area contributed by atoms with Crippen molar-refractivity contribution in [3.8, 4) is 22.3 Å². The van der Waals surface area contributed by atoms with Crippen molar-refractivity contribution < 1.29 is 0 Å². The molecule has 2 aliphatic rings. The lowest BCUT2D eigenvalue weighted by molar-refractivity contribution is 0.752. The van der Waals surface area contributed by atoms with Crippen molar-refractivity contribution in [1.29, 1.82) is 0 Å². The van der Waals surface area contributed by atoms with Crippen molar-refractivity contribution in [1.82, 2.24) is 0 Å². The van der Waals surface area contributed by atoms with Crippen LogP contribution in [0.2, 0.25) is 0 Å². The molecule has 1 unspecified atom stereocenters. The molecule has 11 aromatic rings. The lowest BCUT2D eigenvalue weighted by atomic mass is 9.67. The van der Waals surface area contributed by atoms with E-state index in [1.807, 2.05) is 0 Å². The summed E-state index contributed by atoms with van der Waals surface area (Å²) < 4.78 is 0.